The Bertz CT molecular complexity index is 200. The standard InChI is InChI=1S/C10H14O2/c1-2-3-4-5-6-7-8-9-10(11)12/h4-9H,2-3H2,1H3,(H,11,12)/b5-4?,7-6?,9-8-. The van der Waals surface area contributed by atoms with Crippen LogP contribution in [0.25, 0.3) is 0 Å². The van der Waals surface area contributed by atoms with Gasteiger partial charge in [-0.05, 0) is 6.42 Å². The largest absolute Gasteiger partial charge is 0.478 e. The Labute approximate surface area is 72.9 Å². The maximum absolute atomic E-state index is 10.00. The predicted octanol–water partition coefficient (Wildman–Crippen LogP) is 2.54. The summed E-state index contributed by atoms with van der Waals surface area (Å²) in [5, 5.41) is 8.22. The van der Waals surface area contributed by atoms with E-state index in [2.05, 4.69) is 6.92 Å². The van der Waals surface area contributed by atoms with Gasteiger partial charge in [0.1, 0.15) is 0 Å². The van der Waals surface area contributed by atoms with Crippen molar-refractivity contribution in [3.63, 3.8) is 0 Å². The Balaban J connectivity index is 3.56. The van der Waals surface area contributed by atoms with Crippen molar-refractivity contribution < 1.29 is 9.90 Å². The van der Waals surface area contributed by atoms with Gasteiger partial charge in [-0.3, -0.25) is 0 Å². The van der Waals surface area contributed by atoms with Crippen LogP contribution in [-0.2, 0) is 4.79 Å². The molecule has 12 heavy (non-hydrogen) atoms. The fourth-order valence-electron chi connectivity index (χ4n) is 0.608. The van der Waals surface area contributed by atoms with E-state index in [1.54, 1.807) is 6.08 Å². The molecule has 0 heterocycles. The Morgan fingerprint density at radius 3 is 2.50 bits per heavy atom. The molecule has 0 unspecified atom stereocenters. The van der Waals surface area contributed by atoms with Gasteiger partial charge in [-0.1, -0.05) is 43.7 Å². The molecule has 2 heteroatoms. The smallest absolute Gasteiger partial charge is 0.328 e. The van der Waals surface area contributed by atoms with E-state index in [0.29, 0.717) is 0 Å². The summed E-state index contributed by atoms with van der Waals surface area (Å²) in [5.74, 6) is -0.919. The topological polar surface area (TPSA) is 37.3 Å². The first-order valence-electron chi connectivity index (χ1n) is 4.00. The minimum absolute atomic E-state index is 0.919. The van der Waals surface area contributed by atoms with Crippen LogP contribution < -0.4 is 0 Å². The summed E-state index contributed by atoms with van der Waals surface area (Å²) < 4.78 is 0. The van der Waals surface area contributed by atoms with Crippen molar-refractivity contribution in [3.05, 3.63) is 36.5 Å². The van der Waals surface area contributed by atoms with Crippen LogP contribution in [-0.4, -0.2) is 11.1 Å². The van der Waals surface area contributed by atoms with E-state index >= 15 is 0 Å². The molecule has 0 fully saturated rings. The van der Waals surface area contributed by atoms with E-state index in [4.69, 9.17) is 5.11 Å². The first kappa shape index (κ1) is 10.7. The van der Waals surface area contributed by atoms with Crippen molar-refractivity contribution in [1.29, 1.82) is 0 Å². The van der Waals surface area contributed by atoms with Gasteiger partial charge in [-0.25, -0.2) is 4.79 Å². The fraction of sp³-hybridized carbons (Fsp3) is 0.300. The van der Waals surface area contributed by atoms with Gasteiger partial charge in [0.05, 0.1) is 0 Å². The van der Waals surface area contributed by atoms with Crippen LogP contribution in [0, 0.1) is 0 Å². The molecule has 0 bridgehead atoms. The Morgan fingerprint density at radius 1 is 1.25 bits per heavy atom. The third-order valence-electron chi connectivity index (χ3n) is 1.16. The number of allylic oxidation sites excluding steroid dienone is 5. The molecule has 0 rings (SSSR count). The van der Waals surface area contributed by atoms with Crippen LogP contribution in [0.4, 0.5) is 0 Å². The minimum Gasteiger partial charge on any atom is -0.478 e. The number of carboxylic acid groups (broad SMARTS) is 1. The average molecular weight is 166 g/mol. The SMILES string of the molecule is CCCC=CC=C/C=C\C(=O)O. The molecule has 66 valence electrons. The number of carbonyl (C=O) groups is 1. The summed E-state index contributed by atoms with van der Waals surface area (Å²) in [6.45, 7) is 2.11. The summed E-state index contributed by atoms with van der Waals surface area (Å²) in [6.07, 6.45) is 12.3. The molecule has 0 aromatic rings. The van der Waals surface area contributed by atoms with Crippen molar-refractivity contribution in [1.82, 2.24) is 0 Å². The molecule has 1 N–H and O–H groups in total. The molecule has 0 aromatic heterocycles. The summed E-state index contributed by atoms with van der Waals surface area (Å²) in [7, 11) is 0. The zero-order valence-corrected chi connectivity index (χ0v) is 7.23. The molecule has 2 nitrogen and oxygen atoms in total. The maximum Gasteiger partial charge on any atom is 0.328 e. The lowest BCUT2D eigenvalue weighted by atomic mass is 10.3. The van der Waals surface area contributed by atoms with Crippen molar-refractivity contribution in [2.75, 3.05) is 0 Å². The molecule has 0 radical (unpaired) electrons. The van der Waals surface area contributed by atoms with Gasteiger partial charge in [-0.2, -0.15) is 0 Å². The first-order chi connectivity index (χ1) is 5.77. The van der Waals surface area contributed by atoms with Crippen molar-refractivity contribution in [3.8, 4) is 0 Å². The normalized spacial score (nSPS) is 12.1. The summed E-state index contributed by atoms with van der Waals surface area (Å²) in [6, 6.07) is 0. The maximum atomic E-state index is 10.00. The lowest BCUT2D eigenvalue weighted by molar-refractivity contribution is -0.131. The molecule has 0 spiro atoms. The number of hydrogen-bond donors (Lipinski definition) is 1. The average Bonchev–Trinajstić information content (AvgIpc) is 2.02. The highest BCUT2D eigenvalue weighted by Gasteiger charge is 1.79. The number of unbranched alkanes of at least 4 members (excludes halogenated alkanes) is 1. The van der Waals surface area contributed by atoms with E-state index in [-0.39, 0.29) is 0 Å². The predicted molar refractivity (Wildman–Crippen MR) is 50.0 cm³/mol. The molecule has 0 aliphatic carbocycles. The van der Waals surface area contributed by atoms with E-state index in [1.165, 1.54) is 6.08 Å². The van der Waals surface area contributed by atoms with E-state index < -0.39 is 5.97 Å². The lowest BCUT2D eigenvalue weighted by Crippen LogP contribution is -1.84. The van der Waals surface area contributed by atoms with Gasteiger partial charge in [0.25, 0.3) is 0 Å². The van der Waals surface area contributed by atoms with Gasteiger partial charge >= 0.3 is 5.97 Å². The first-order valence-corrected chi connectivity index (χ1v) is 4.00. The second kappa shape index (κ2) is 7.79. The molecule has 0 saturated carbocycles. The van der Waals surface area contributed by atoms with Crippen LogP contribution in [0.2, 0.25) is 0 Å². The summed E-state index contributed by atoms with van der Waals surface area (Å²) in [4.78, 5) is 10.00. The van der Waals surface area contributed by atoms with Gasteiger partial charge < -0.3 is 5.11 Å². The second-order valence-electron chi connectivity index (χ2n) is 2.30. The molecular formula is C10H14O2. The Morgan fingerprint density at radius 2 is 1.92 bits per heavy atom. The van der Waals surface area contributed by atoms with Crippen LogP contribution >= 0.6 is 0 Å². The summed E-state index contributed by atoms with van der Waals surface area (Å²) >= 11 is 0. The third kappa shape index (κ3) is 8.69. The van der Waals surface area contributed by atoms with Crippen molar-refractivity contribution >= 4 is 5.97 Å². The number of hydrogen-bond acceptors (Lipinski definition) is 1. The minimum atomic E-state index is -0.919. The van der Waals surface area contributed by atoms with Crippen LogP contribution in [0.5, 0.6) is 0 Å². The van der Waals surface area contributed by atoms with Crippen molar-refractivity contribution in [2.45, 2.75) is 19.8 Å². The highest BCUT2D eigenvalue weighted by atomic mass is 16.4. The fourth-order valence-corrected chi connectivity index (χ4v) is 0.608. The van der Waals surface area contributed by atoms with Crippen LogP contribution in [0.15, 0.2) is 36.5 Å². The van der Waals surface area contributed by atoms with Crippen LogP contribution in [0.3, 0.4) is 0 Å². The van der Waals surface area contributed by atoms with Crippen LogP contribution in [0.1, 0.15) is 19.8 Å². The third-order valence-corrected chi connectivity index (χ3v) is 1.16. The van der Waals surface area contributed by atoms with Crippen molar-refractivity contribution in [2.24, 2.45) is 0 Å². The monoisotopic (exact) mass is 166 g/mol. The second-order valence-corrected chi connectivity index (χ2v) is 2.30. The van der Waals surface area contributed by atoms with Gasteiger partial charge in [0.15, 0.2) is 0 Å². The quantitative estimate of drug-likeness (QED) is 0.503. The van der Waals surface area contributed by atoms with Gasteiger partial charge in [0, 0.05) is 6.08 Å². The lowest BCUT2D eigenvalue weighted by Gasteiger charge is -1.79. The number of rotatable bonds is 5. The Hall–Kier alpha value is -1.31. The summed E-state index contributed by atoms with van der Waals surface area (Å²) in [5.41, 5.74) is 0. The molecule has 0 amide bonds. The molecule has 0 aromatic carbocycles. The zero-order valence-electron chi connectivity index (χ0n) is 7.23. The zero-order chi connectivity index (χ0) is 9.23. The molecule has 0 atom stereocenters. The number of aliphatic carboxylic acids is 1. The van der Waals surface area contributed by atoms with E-state index in [1.807, 2.05) is 18.2 Å². The molecular weight excluding hydrogens is 152 g/mol. The highest BCUT2D eigenvalue weighted by molar-refractivity contribution is 5.80. The van der Waals surface area contributed by atoms with Gasteiger partial charge in [0.2, 0.25) is 0 Å². The molecule has 0 saturated heterocycles. The number of carboxylic acids is 1. The molecule has 0 aliphatic heterocycles. The van der Waals surface area contributed by atoms with E-state index in [9.17, 15) is 4.79 Å². The van der Waals surface area contributed by atoms with Gasteiger partial charge in [-0.15, -0.1) is 0 Å². The molecule has 0 aliphatic rings. The Kier molecular flexibility index (Phi) is 6.94. The van der Waals surface area contributed by atoms with E-state index in [0.717, 1.165) is 18.9 Å². The highest BCUT2D eigenvalue weighted by Crippen LogP contribution is 1.88.